The average Bonchev–Trinajstić information content (AvgIpc) is 3.13. The van der Waals surface area contributed by atoms with Gasteiger partial charge in [0.05, 0.1) is 26.0 Å². The molecule has 0 radical (unpaired) electrons. The Bertz CT molecular complexity index is 758. The van der Waals surface area contributed by atoms with E-state index >= 15 is 0 Å². The van der Waals surface area contributed by atoms with E-state index in [9.17, 15) is 0 Å². The van der Waals surface area contributed by atoms with E-state index in [-0.39, 0.29) is 6.10 Å². The van der Waals surface area contributed by atoms with Crippen LogP contribution in [0.15, 0.2) is 41.7 Å². The van der Waals surface area contributed by atoms with Crippen molar-refractivity contribution in [3.63, 3.8) is 0 Å². The Kier molecular flexibility index (Phi) is 6.70. The van der Waals surface area contributed by atoms with Crippen molar-refractivity contribution >= 4 is 5.96 Å². The fraction of sp³-hybridized carbons (Fsp3) is 0.500. The lowest BCUT2D eigenvalue weighted by atomic mass is 10.1. The van der Waals surface area contributed by atoms with Crippen LogP contribution in [0.1, 0.15) is 24.2 Å². The van der Waals surface area contributed by atoms with Crippen LogP contribution in [0.4, 0.5) is 0 Å². The van der Waals surface area contributed by atoms with Crippen LogP contribution in [-0.2, 0) is 18.2 Å². The molecule has 1 saturated heterocycles. The van der Waals surface area contributed by atoms with Gasteiger partial charge in [0.25, 0.3) is 0 Å². The maximum Gasteiger partial charge on any atom is 0.193 e. The van der Waals surface area contributed by atoms with E-state index in [0.29, 0.717) is 13.2 Å². The number of nitrogens with zero attached hydrogens (tertiary/aromatic N) is 4. The lowest BCUT2D eigenvalue weighted by Gasteiger charge is -2.34. The largest absolute Gasteiger partial charge is 0.494 e. The molecule has 0 saturated carbocycles. The van der Waals surface area contributed by atoms with E-state index in [2.05, 4.69) is 26.4 Å². The van der Waals surface area contributed by atoms with Crippen molar-refractivity contribution in [1.82, 2.24) is 20.0 Å². The van der Waals surface area contributed by atoms with Gasteiger partial charge >= 0.3 is 0 Å². The summed E-state index contributed by atoms with van der Waals surface area (Å²) in [5.74, 6) is 1.86. The van der Waals surface area contributed by atoms with Gasteiger partial charge in [0.15, 0.2) is 5.96 Å². The summed E-state index contributed by atoms with van der Waals surface area (Å²) in [4.78, 5) is 6.70. The zero-order chi connectivity index (χ0) is 19.1. The second-order valence-electron chi connectivity index (χ2n) is 6.52. The predicted molar refractivity (Wildman–Crippen MR) is 106 cm³/mol. The molecule has 2 aromatic rings. The van der Waals surface area contributed by atoms with Crippen LogP contribution in [0.25, 0.3) is 0 Å². The monoisotopic (exact) mass is 371 g/mol. The number of guanidine groups is 1. The fourth-order valence-electron chi connectivity index (χ4n) is 3.30. The molecule has 1 aliphatic rings. The summed E-state index contributed by atoms with van der Waals surface area (Å²) in [7, 11) is 3.75. The Hall–Kier alpha value is -2.54. The van der Waals surface area contributed by atoms with Crippen LogP contribution in [-0.4, -0.2) is 60.5 Å². The minimum Gasteiger partial charge on any atom is -0.494 e. The highest BCUT2D eigenvalue weighted by Crippen LogP contribution is 2.22. The molecular formula is C20H29N5O2. The smallest absolute Gasteiger partial charge is 0.193 e. The van der Waals surface area contributed by atoms with Crippen molar-refractivity contribution in [3.05, 3.63) is 47.8 Å². The molecule has 1 fully saturated rings. The Morgan fingerprint density at radius 1 is 1.41 bits per heavy atom. The fourth-order valence-corrected chi connectivity index (χ4v) is 3.30. The van der Waals surface area contributed by atoms with E-state index in [4.69, 9.17) is 9.47 Å². The zero-order valence-corrected chi connectivity index (χ0v) is 16.4. The van der Waals surface area contributed by atoms with Gasteiger partial charge in [-0.1, -0.05) is 18.2 Å². The SMILES string of the molecule is CCOc1ccccc1CCNC(=NC)N1CCOC(c2cnn(C)c2)C1. The maximum absolute atomic E-state index is 5.92. The van der Waals surface area contributed by atoms with Crippen LogP contribution in [0.3, 0.4) is 0 Å². The summed E-state index contributed by atoms with van der Waals surface area (Å²) in [6.45, 7) is 5.75. The van der Waals surface area contributed by atoms with E-state index in [1.165, 1.54) is 5.56 Å². The molecule has 7 nitrogen and oxygen atoms in total. The highest BCUT2D eigenvalue weighted by Gasteiger charge is 2.25. The molecule has 0 bridgehead atoms. The molecule has 1 N–H and O–H groups in total. The first-order chi connectivity index (χ1) is 13.2. The first-order valence-corrected chi connectivity index (χ1v) is 9.47. The van der Waals surface area contributed by atoms with E-state index in [0.717, 1.165) is 43.3 Å². The molecule has 3 rings (SSSR count). The Morgan fingerprint density at radius 2 is 2.26 bits per heavy atom. The van der Waals surface area contributed by atoms with Crippen LogP contribution < -0.4 is 10.1 Å². The summed E-state index contributed by atoms with van der Waals surface area (Å²) < 4.78 is 13.4. The van der Waals surface area contributed by atoms with Gasteiger partial charge < -0.3 is 19.7 Å². The van der Waals surface area contributed by atoms with Gasteiger partial charge in [0, 0.05) is 38.9 Å². The van der Waals surface area contributed by atoms with E-state index in [1.807, 2.05) is 51.6 Å². The third-order valence-corrected chi connectivity index (χ3v) is 4.62. The minimum absolute atomic E-state index is 0.0182. The highest BCUT2D eigenvalue weighted by atomic mass is 16.5. The molecule has 1 aromatic carbocycles. The Morgan fingerprint density at radius 3 is 3.00 bits per heavy atom. The third kappa shape index (κ3) is 5.01. The summed E-state index contributed by atoms with van der Waals surface area (Å²) >= 11 is 0. The molecule has 2 heterocycles. The number of hydrogen-bond donors (Lipinski definition) is 1. The number of ether oxygens (including phenoxy) is 2. The molecule has 7 heteroatoms. The van der Waals surface area contributed by atoms with Gasteiger partial charge in [-0.25, -0.2) is 0 Å². The third-order valence-electron chi connectivity index (χ3n) is 4.62. The molecule has 1 atom stereocenters. The molecule has 0 aliphatic carbocycles. The quantitative estimate of drug-likeness (QED) is 0.622. The summed E-state index contributed by atoms with van der Waals surface area (Å²) in [5.41, 5.74) is 2.31. The Balaban J connectivity index is 1.56. The van der Waals surface area contributed by atoms with Crippen molar-refractivity contribution in [1.29, 1.82) is 0 Å². The number of nitrogens with one attached hydrogen (secondary N) is 1. The van der Waals surface area contributed by atoms with Crippen LogP contribution in [0.5, 0.6) is 5.75 Å². The second-order valence-corrected chi connectivity index (χ2v) is 6.52. The van der Waals surface area contributed by atoms with E-state index in [1.54, 1.807) is 4.68 Å². The predicted octanol–water partition coefficient (Wildman–Crippen LogP) is 2.01. The second kappa shape index (κ2) is 9.41. The molecule has 1 aliphatic heterocycles. The molecular weight excluding hydrogens is 342 g/mol. The number of rotatable bonds is 6. The lowest BCUT2D eigenvalue weighted by Crippen LogP contribution is -2.48. The zero-order valence-electron chi connectivity index (χ0n) is 16.4. The van der Waals surface area contributed by atoms with Gasteiger partial charge in [0.2, 0.25) is 0 Å². The standard InChI is InChI=1S/C20H29N5O2/c1-4-26-18-8-6-5-7-16(18)9-10-22-20(21-2)25-11-12-27-19(15-25)17-13-23-24(3)14-17/h5-8,13-14,19H,4,9-12,15H2,1-3H3,(H,21,22). The average molecular weight is 371 g/mol. The minimum atomic E-state index is 0.0182. The van der Waals surface area contributed by atoms with Crippen molar-refractivity contribution in [3.8, 4) is 5.75 Å². The molecule has 27 heavy (non-hydrogen) atoms. The number of hydrogen-bond acceptors (Lipinski definition) is 4. The van der Waals surface area contributed by atoms with Crippen molar-refractivity contribution < 1.29 is 9.47 Å². The van der Waals surface area contributed by atoms with Crippen LogP contribution in [0.2, 0.25) is 0 Å². The number of para-hydroxylation sites is 1. The van der Waals surface area contributed by atoms with Gasteiger partial charge in [-0.2, -0.15) is 5.10 Å². The summed E-state index contributed by atoms with van der Waals surface area (Å²) in [6, 6.07) is 8.19. The topological polar surface area (TPSA) is 63.9 Å². The molecule has 1 unspecified atom stereocenters. The van der Waals surface area contributed by atoms with Crippen molar-refractivity contribution in [2.45, 2.75) is 19.4 Å². The normalized spacial score (nSPS) is 17.8. The van der Waals surface area contributed by atoms with Gasteiger partial charge in [-0.15, -0.1) is 0 Å². The van der Waals surface area contributed by atoms with Gasteiger partial charge in [0.1, 0.15) is 11.9 Å². The molecule has 0 amide bonds. The number of benzene rings is 1. The maximum atomic E-state index is 5.92. The lowest BCUT2D eigenvalue weighted by molar-refractivity contribution is -0.00800. The van der Waals surface area contributed by atoms with Crippen LogP contribution >= 0.6 is 0 Å². The van der Waals surface area contributed by atoms with Gasteiger partial charge in [-0.05, 0) is 25.0 Å². The number of aromatic nitrogens is 2. The van der Waals surface area contributed by atoms with Crippen molar-refractivity contribution in [2.24, 2.45) is 12.0 Å². The first-order valence-electron chi connectivity index (χ1n) is 9.47. The molecule has 1 aromatic heterocycles. The first kappa shape index (κ1) is 19.2. The van der Waals surface area contributed by atoms with E-state index < -0.39 is 0 Å². The van der Waals surface area contributed by atoms with Gasteiger partial charge in [-0.3, -0.25) is 9.67 Å². The Labute approximate surface area is 161 Å². The molecule has 146 valence electrons. The highest BCUT2D eigenvalue weighted by molar-refractivity contribution is 5.80. The van der Waals surface area contributed by atoms with Crippen molar-refractivity contribution in [2.75, 3.05) is 39.9 Å². The summed E-state index contributed by atoms with van der Waals surface area (Å²) in [5, 5.41) is 7.73. The number of aliphatic imine (C=N–C) groups is 1. The van der Waals surface area contributed by atoms with Crippen LogP contribution in [0, 0.1) is 0 Å². The summed E-state index contributed by atoms with van der Waals surface area (Å²) in [6.07, 6.45) is 4.78. The molecule has 0 spiro atoms. The number of aryl methyl sites for hydroxylation is 1. The number of morpholine rings is 1.